The van der Waals surface area contributed by atoms with E-state index in [1.54, 1.807) is 0 Å². The number of thioether (sulfide) groups is 1. The van der Waals surface area contributed by atoms with Crippen molar-refractivity contribution in [2.24, 2.45) is 0 Å². The number of carbonyl (C=O) groups excluding carboxylic acids is 3. The number of esters is 1. The third-order valence-electron chi connectivity index (χ3n) is 6.87. The molecule has 0 saturated carbocycles. The highest BCUT2D eigenvalue weighted by atomic mass is 32.2. The Bertz CT molecular complexity index is 775. The van der Waals surface area contributed by atoms with Crippen molar-refractivity contribution in [2.75, 3.05) is 24.3 Å². The van der Waals surface area contributed by atoms with E-state index in [4.69, 9.17) is 4.74 Å². The minimum absolute atomic E-state index is 0.0301. The molecule has 0 spiro atoms. The zero-order valence-electron chi connectivity index (χ0n) is 23.9. The number of nitrogens with zero attached hydrogens (tertiary/aromatic N) is 1. The second kappa shape index (κ2) is 21.2. The van der Waals surface area contributed by atoms with E-state index in [0.717, 1.165) is 35.7 Å². The molecule has 0 radical (unpaired) electrons. The third-order valence-corrected chi connectivity index (χ3v) is 7.78. The molecule has 37 heavy (non-hydrogen) atoms. The van der Waals surface area contributed by atoms with Gasteiger partial charge in [0.05, 0.1) is 18.6 Å². The number of rotatable bonds is 21. The largest absolute Gasteiger partial charge is 0.468 e. The van der Waals surface area contributed by atoms with Gasteiger partial charge in [-0.05, 0) is 31.4 Å². The van der Waals surface area contributed by atoms with Gasteiger partial charge in [0.25, 0.3) is 0 Å². The van der Waals surface area contributed by atoms with Crippen LogP contribution >= 0.6 is 11.8 Å². The molecule has 0 aromatic heterocycles. The molecule has 1 rings (SSSR count). The monoisotopic (exact) mass is 533 g/mol. The summed E-state index contributed by atoms with van der Waals surface area (Å²) in [6, 6.07) is 5.74. The molecule has 5 nitrogen and oxygen atoms in total. The zero-order chi connectivity index (χ0) is 27.3. The van der Waals surface area contributed by atoms with Gasteiger partial charge in [-0.25, -0.2) is 0 Å². The number of carbonyl (C=O) groups is 3. The Hall–Kier alpha value is -1.82. The lowest BCUT2D eigenvalue weighted by atomic mass is 10.0. The minimum Gasteiger partial charge on any atom is -0.468 e. The molecule has 1 aromatic rings. The van der Waals surface area contributed by atoms with Gasteiger partial charge in [-0.2, -0.15) is 0 Å². The van der Waals surface area contributed by atoms with Crippen molar-refractivity contribution < 1.29 is 19.1 Å². The molecule has 0 atom stereocenters. The summed E-state index contributed by atoms with van der Waals surface area (Å²) in [5, 5.41) is 0.0440. The summed E-state index contributed by atoms with van der Waals surface area (Å²) in [6.07, 6.45) is 19.9. The summed E-state index contributed by atoms with van der Waals surface area (Å²) in [5.74, 6) is -0.703. The Morgan fingerprint density at radius 3 is 1.68 bits per heavy atom. The summed E-state index contributed by atoms with van der Waals surface area (Å²) in [6.45, 7) is 5.93. The van der Waals surface area contributed by atoms with Crippen molar-refractivity contribution in [1.29, 1.82) is 0 Å². The normalized spacial score (nSPS) is 10.9. The summed E-state index contributed by atoms with van der Waals surface area (Å²) in [7, 11) is 1.31. The van der Waals surface area contributed by atoms with E-state index in [1.165, 1.54) is 95.5 Å². The van der Waals surface area contributed by atoms with Crippen LogP contribution in [0.4, 0.5) is 5.69 Å². The van der Waals surface area contributed by atoms with Gasteiger partial charge < -0.3 is 4.74 Å². The highest BCUT2D eigenvalue weighted by Crippen LogP contribution is 2.26. The smallest absolute Gasteiger partial charge is 0.325 e. The first kappa shape index (κ1) is 33.2. The lowest BCUT2D eigenvalue weighted by Crippen LogP contribution is -2.38. The van der Waals surface area contributed by atoms with Crippen LogP contribution in [0.5, 0.6) is 0 Å². The molecule has 0 heterocycles. The van der Waals surface area contributed by atoms with Crippen molar-refractivity contribution in [3.63, 3.8) is 0 Å². The summed E-state index contributed by atoms with van der Waals surface area (Å²) < 4.78 is 4.79. The number of benzene rings is 1. The van der Waals surface area contributed by atoms with Crippen LogP contribution in [0.1, 0.15) is 121 Å². The lowest BCUT2D eigenvalue weighted by molar-refractivity contribution is -0.139. The van der Waals surface area contributed by atoms with Crippen LogP contribution in [-0.4, -0.2) is 36.4 Å². The van der Waals surface area contributed by atoms with Crippen LogP contribution in [0, 0.1) is 13.8 Å². The third kappa shape index (κ3) is 15.2. The van der Waals surface area contributed by atoms with Crippen LogP contribution in [0.25, 0.3) is 0 Å². The number of methoxy groups -OCH3 is 1. The van der Waals surface area contributed by atoms with Gasteiger partial charge in [0.2, 0.25) is 5.91 Å². The van der Waals surface area contributed by atoms with E-state index >= 15 is 0 Å². The van der Waals surface area contributed by atoms with Gasteiger partial charge in [0, 0.05) is 6.42 Å². The first-order valence-electron chi connectivity index (χ1n) is 14.5. The molecule has 0 N–H and O–H groups in total. The first-order valence-corrected chi connectivity index (χ1v) is 15.5. The molecule has 1 aromatic carbocycles. The molecule has 0 unspecified atom stereocenters. The van der Waals surface area contributed by atoms with Crippen LogP contribution in [0.2, 0.25) is 0 Å². The number of hydrogen-bond acceptors (Lipinski definition) is 5. The summed E-state index contributed by atoms with van der Waals surface area (Å²) in [4.78, 5) is 38.7. The molecule has 0 aliphatic carbocycles. The molecule has 0 saturated heterocycles. The topological polar surface area (TPSA) is 63.7 Å². The maximum absolute atomic E-state index is 13.0. The van der Waals surface area contributed by atoms with Crippen molar-refractivity contribution in [2.45, 2.75) is 124 Å². The molecule has 210 valence electrons. The van der Waals surface area contributed by atoms with Crippen LogP contribution in [0.15, 0.2) is 18.2 Å². The van der Waals surface area contributed by atoms with Crippen molar-refractivity contribution in [3.8, 4) is 0 Å². The highest BCUT2D eigenvalue weighted by molar-refractivity contribution is 8.14. The SMILES string of the molecule is CCCCCCCCCCCCCCCCCC(=O)SCC(=O)N(CC(=O)OC)c1c(C)cccc1C. The fraction of sp³-hybridized carbons (Fsp3) is 0.710. The van der Waals surface area contributed by atoms with Gasteiger partial charge in [0.15, 0.2) is 5.12 Å². The van der Waals surface area contributed by atoms with E-state index < -0.39 is 5.97 Å². The molecular weight excluding hydrogens is 482 g/mol. The molecule has 0 bridgehead atoms. The van der Waals surface area contributed by atoms with Crippen LogP contribution in [0.3, 0.4) is 0 Å². The first-order chi connectivity index (χ1) is 17.9. The van der Waals surface area contributed by atoms with Gasteiger partial charge in [-0.1, -0.05) is 127 Å². The Labute approximate surface area is 230 Å². The average Bonchev–Trinajstić information content (AvgIpc) is 2.88. The molecular formula is C31H51NO4S. The van der Waals surface area contributed by atoms with E-state index in [0.29, 0.717) is 12.1 Å². The number of ether oxygens (including phenoxy) is 1. The molecule has 0 aliphatic heterocycles. The predicted molar refractivity (Wildman–Crippen MR) is 157 cm³/mol. The van der Waals surface area contributed by atoms with Crippen molar-refractivity contribution >= 4 is 34.4 Å². The molecule has 0 fully saturated rings. The highest BCUT2D eigenvalue weighted by Gasteiger charge is 2.23. The second-order valence-corrected chi connectivity index (χ2v) is 11.2. The summed E-state index contributed by atoms with van der Waals surface area (Å²) in [5.41, 5.74) is 2.53. The predicted octanol–water partition coefficient (Wildman–Crippen LogP) is 8.33. The maximum Gasteiger partial charge on any atom is 0.325 e. The van der Waals surface area contributed by atoms with E-state index in [1.807, 2.05) is 32.0 Å². The van der Waals surface area contributed by atoms with E-state index in [2.05, 4.69) is 6.92 Å². The Morgan fingerprint density at radius 1 is 0.757 bits per heavy atom. The van der Waals surface area contributed by atoms with Gasteiger partial charge in [-0.15, -0.1) is 0 Å². The lowest BCUT2D eigenvalue weighted by Gasteiger charge is -2.25. The average molecular weight is 534 g/mol. The maximum atomic E-state index is 13.0. The molecule has 1 amide bonds. The quantitative estimate of drug-likeness (QED) is 0.117. The second-order valence-electron chi connectivity index (χ2n) is 10.2. The number of para-hydroxylation sites is 1. The Balaban J connectivity index is 2.18. The van der Waals surface area contributed by atoms with E-state index in [9.17, 15) is 14.4 Å². The number of anilines is 1. The van der Waals surface area contributed by atoms with Gasteiger partial charge in [-0.3, -0.25) is 19.3 Å². The fourth-order valence-corrected chi connectivity index (χ4v) is 5.38. The minimum atomic E-state index is -0.481. The number of aryl methyl sites for hydroxylation is 2. The number of amides is 1. The van der Waals surface area contributed by atoms with E-state index in [-0.39, 0.29) is 23.3 Å². The number of unbranched alkanes of at least 4 members (excludes halogenated alkanes) is 14. The van der Waals surface area contributed by atoms with Crippen molar-refractivity contribution in [1.82, 2.24) is 0 Å². The van der Waals surface area contributed by atoms with Crippen molar-refractivity contribution in [3.05, 3.63) is 29.3 Å². The number of hydrogen-bond donors (Lipinski definition) is 0. The molecule has 6 heteroatoms. The van der Waals surface area contributed by atoms with Gasteiger partial charge in [0.1, 0.15) is 6.54 Å². The Kier molecular flexibility index (Phi) is 19.0. The van der Waals surface area contributed by atoms with Crippen LogP contribution < -0.4 is 4.90 Å². The standard InChI is InChI=1S/C31H51NO4S/c1-5-6-7-8-9-10-11-12-13-14-15-16-17-18-19-23-30(35)37-25-28(33)32(24-29(34)36-4)31-26(2)21-20-22-27(31)3/h20-22H,5-19,23-25H2,1-4H3. The fourth-order valence-electron chi connectivity index (χ4n) is 4.65. The van der Waals surface area contributed by atoms with Gasteiger partial charge >= 0.3 is 5.97 Å². The van der Waals surface area contributed by atoms with Crippen LogP contribution in [-0.2, 0) is 19.1 Å². The molecule has 0 aliphatic rings. The zero-order valence-corrected chi connectivity index (χ0v) is 24.8. The Morgan fingerprint density at radius 2 is 1.22 bits per heavy atom. The summed E-state index contributed by atoms with van der Waals surface area (Å²) >= 11 is 1.06.